The molecule has 0 saturated heterocycles. The van der Waals surface area contributed by atoms with E-state index in [0.29, 0.717) is 11.1 Å². The van der Waals surface area contributed by atoms with Crippen LogP contribution in [0.3, 0.4) is 0 Å². The monoisotopic (exact) mass is 752 g/mol. The molecule has 4 aliphatic rings. The van der Waals surface area contributed by atoms with Gasteiger partial charge in [-0.05, 0) is 168 Å². The quantitative estimate of drug-likeness (QED) is 0.0617. The van der Waals surface area contributed by atoms with Crippen LogP contribution >= 0.6 is 0 Å². The largest absolute Gasteiger partial charge is 0.459 e. The summed E-state index contributed by atoms with van der Waals surface area (Å²) in [5.41, 5.74) is 1.30. The third-order valence-corrected chi connectivity index (χ3v) is 15.6. The Morgan fingerprint density at radius 2 is 0.875 bits per heavy atom. The van der Waals surface area contributed by atoms with Crippen molar-refractivity contribution in [3.63, 3.8) is 0 Å². The van der Waals surface area contributed by atoms with E-state index in [0.717, 1.165) is 104 Å². The fourth-order valence-electron chi connectivity index (χ4n) is 12.2. The molecule has 0 bridgehead atoms. The van der Waals surface area contributed by atoms with Crippen molar-refractivity contribution in [2.24, 2.45) is 35.5 Å². The van der Waals surface area contributed by atoms with E-state index in [4.69, 9.17) is 9.47 Å². The lowest BCUT2D eigenvalue weighted by Crippen LogP contribution is -2.29. The highest BCUT2D eigenvalue weighted by molar-refractivity contribution is 6.35. The zero-order chi connectivity index (χ0) is 38.2. The summed E-state index contributed by atoms with van der Waals surface area (Å²) in [5.74, 6) is 4.75. The molecule has 5 aromatic rings. The first-order chi connectivity index (χ1) is 27.4. The van der Waals surface area contributed by atoms with Crippen molar-refractivity contribution in [1.82, 2.24) is 0 Å². The molecule has 4 heteroatoms. The maximum atomic E-state index is 13.9. The fraction of sp³-hybridized carbons (Fsp3) is 0.577. The highest BCUT2D eigenvalue weighted by atomic mass is 16.5. The van der Waals surface area contributed by atoms with Crippen LogP contribution in [0.25, 0.3) is 43.1 Å². The van der Waals surface area contributed by atoms with Gasteiger partial charge in [-0.2, -0.15) is 0 Å². The van der Waals surface area contributed by atoms with Crippen LogP contribution in [0.4, 0.5) is 0 Å². The van der Waals surface area contributed by atoms with Crippen LogP contribution in [0.5, 0.6) is 0 Å². The van der Waals surface area contributed by atoms with Gasteiger partial charge in [0.15, 0.2) is 0 Å². The van der Waals surface area contributed by atoms with E-state index in [1.807, 2.05) is 12.1 Å². The lowest BCUT2D eigenvalue weighted by atomic mass is 9.70. The minimum Gasteiger partial charge on any atom is -0.459 e. The van der Waals surface area contributed by atoms with E-state index >= 15 is 0 Å². The Labute approximate surface area is 334 Å². The molecule has 0 heterocycles. The number of fused-ring (bicyclic) bond motifs is 2. The molecule has 296 valence electrons. The lowest BCUT2D eigenvalue weighted by molar-refractivity contribution is 0.0104. The molecule has 0 unspecified atom stereocenters. The van der Waals surface area contributed by atoms with Crippen LogP contribution < -0.4 is 0 Å². The number of carbonyl (C=O) groups excluding carboxylic acids is 2. The topological polar surface area (TPSA) is 52.6 Å². The first-order valence-electron chi connectivity index (χ1n) is 23.0. The molecule has 0 aliphatic heterocycles. The maximum Gasteiger partial charge on any atom is 0.339 e. The van der Waals surface area contributed by atoms with Gasteiger partial charge in [0.1, 0.15) is 12.2 Å². The number of carbonyl (C=O) groups is 2. The molecular weight excluding hydrogens is 689 g/mol. The van der Waals surface area contributed by atoms with Crippen molar-refractivity contribution in [3.05, 3.63) is 71.8 Å². The second-order valence-electron chi connectivity index (χ2n) is 19.0. The Hall–Kier alpha value is -3.66. The van der Waals surface area contributed by atoms with Gasteiger partial charge in [0, 0.05) is 0 Å². The van der Waals surface area contributed by atoms with Crippen molar-refractivity contribution >= 4 is 55.0 Å². The third-order valence-electron chi connectivity index (χ3n) is 15.6. The van der Waals surface area contributed by atoms with Gasteiger partial charge in [-0.25, -0.2) is 9.59 Å². The predicted molar refractivity (Wildman–Crippen MR) is 231 cm³/mol. The third kappa shape index (κ3) is 7.56. The van der Waals surface area contributed by atoms with Gasteiger partial charge in [0.25, 0.3) is 0 Å². The van der Waals surface area contributed by atoms with Gasteiger partial charge >= 0.3 is 11.9 Å². The number of esters is 2. The Balaban J connectivity index is 0.886. The zero-order valence-electron chi connectivity index (χ0n) is 34.2. The molecule has 0 N–H and O–H groups in total. The summed E-state index contributed by atoms with van der Waals surface area (Å²) in [7, 11) is 0. The van der Waals surface area contributed by atoms with Crippen LogP contribution in [0.15, 0.2) is 60.7 Å². The van der Waals surface area contributed by atoms with Crippen LogP contribution in [-0.4, -0.2) is 24.1 Å². The summed E-state index contributed by atoms with van der Waals surface area (Å²) < 4.78 is 12.6. The van der Waals surface area contributed by atoms with Crippen LogP contribution in [0.2, 0.25) is 0 Å². The Kier molecular flexibility index (Phi) is 11.3. The first-order valence-corrected chi connectivity index (χ1v) is 23.0. The summed E-state index contributed by atoms with van der Waals surface area (Å²) in [6, 6.07) is 20.7. The number of unbranched alkanes of at least 4 members (excludes halogenated alkanes) is 2. The molecule has 0 spiro atoms. The van der Waals surface area contributed by atoms with E-state index in [1.165, 1.54) is 103 Å². The summed E-state index contributed by atoms with van der Waals surface area (Å²) in [6.07, 6.45) is 25.3. The molecular formula is C52H64O4. The molecule has 0 aromatic heterocycles. The summed E-state index contributed by atoms with van der Waals surface area (Å²) in [6.45, 7) is 4.70. The van der Waals surface area contributed by atoms with Crippen LogP contribution in [0.1, 0.15) is 163 Å². The van der Waals surface area contributed by atoms with E-state index in [2.05, 4.69) is 62.4 Å². The standard InChI is InChI=1S/C52H64O4/c1-3-4-5-8-34-15-19-36(20-16-34)38-23-27-40(28-24-38)56-52(54)48-32-30-46-41-9-6-11-43-47(31-29-45(49(41)43)42-10-7-12-44(48)50(42)46)51(53)55-39-25-21-37(22-26-39)35-17-13-33(2)14-18-35/h6-7,9-12,29-40H,3-5,8,13-28H2,1-2H3/t33-,34-,35-,36-,37-,38-,39-,40-. The van der Waals surface area contributed by atoms with Gasteiger partial charge < -0.3 is 9.47 Å². The van der Waals surface area contributed by atoms with Gasteiger partial charge in [-0.1, -0.05) is 114 Å². The van der Waals surface area contributed by atoms with Crippen molar-refractivity contribution in [2.75, 3.05) is 0 Å². The fourth-order valence-corrected chi connectivity index (χ4v) is 12.2. The van der Waals surface area contributed by atoms with Crippen LogP contribution in [-0.2, 0) is 9.47 Å². The average molecular weight is 753 g/mol. The SMILES string of the molecule is CCCCC[C@H]1CC[C@H]([C@H]2CC[C@H](OC(=O)c3ccc4c5cccc6c(C(=O)O[C@H]7CC[C@H]([C@H]8CC[C@H](C)CC8)CC7)ccc(c7cccc3c74)c65)CC2)CC1. The second-order valence-corrected chi connectivity index (χ2v) is 19.0. The van der Waals surface area contributed by atoms with E-state index in [9.17, 15) is 9.59 Å². The Morgan fingerprint density at radius 1 is 0.482 bits per heavy atom. The summed E-state index contributed by atoms with van der Waals surface area (Å²) in [5, 5.41) is 8.48. The van der Waals surface area contributed by atoms with Crippen LogP contribution in [0, 0.1) is 35.5 Å². The maximum absolute atomic E-state index is 13.9. The Bertz CT molecular complexity index is 2110. The molecule has 4 nitrogen and oxygen atoms in total. The minimum absolute atomic E-state index is 0.000289. The predicted octanol–water partition coefficient (Wildman–Crippen LogP) is 14.4. The number of hydrogen-bond donors (Lipinski definition) is 0. The zero-order valence-corrected chi connectivity index (χ0v) is 34.2. The van der Waals surface area contributed by atoms with Gasteiger partial charge in [-0.3, -0.25) is 0 Å². The molecule has 5 aromatic carbocycles. The average Bonchev–Trinajstić information content (AvgIpc) is 3.23. The highest BCUT2D eigenvalue weighted by Gasteiger charge is 2.34. The number of rotatable bonds is 10. The van der Waals surface area contributed by atoms with E-state index < -0.39 is 0 Å². The summed E-state index contributed by atoms with van der Waals surface area (Å²) in [4.78, 5) is 27.8. The van der Waals surface area contributed by atoms with Crippen molar-refractivity contribution in [2.45, 2.75) is 154 Å². The molecule has 56 heavy (non-hydrogen) atoms. The van der Waals surface area contributed by atoms with E-state index in [1.54, 1.807) is 0 Å². The van der Waals surface area contributed by atoms with Crippen molar-refractivity contribution in [3.8, 4) is 0 Å². The van der Waals surface area contributed by atoms with Crippen molar-refractivity contribution in [1.29, 1.82) is 0 Å². The molecule has 9 rings (SSSR count). The lowest BCUT2D eigenvalue weighted by Gasteiger charge is -2.37. The highest BCUT2D eigenvalue weighted by Crippen LogP contribution is 2.45. The smallest absolute Gasteiger partial charge is 0.339 e. The van der Waals surface area contributed by atoms with Crippen molar-refractivity contribution < 1.29 is 19.1 Å². The number of hydrogen-bond acceptors (Lipinski definition) is 4. The summed E-state index contributed by atoms with van der Waals surface area (Å²) >= 11 is 0. The normalized spacial score (nSPS) is 28.9. The molecule has 0 amide bonds. The van der Waals surface area contributed by atoms with E-state index in [-0.39, 0.29) is 24.1 Å². The second kappa shape index (κ2) is 16.7. The molecule has 4 fully saturated rings. The van der Waals surface area contributed by atoms with Gasteiger partial charge in [-0.15, -0.1) is 0 Å². The first kappa shape index (κ1) is 37.9. The minimum atomic E-state index is -0.204. The number of benzene rings is 5. The molecule has 0 atom stereocenters. The molecule has 4 aliphatic carbocycles. The number of ether oxygens (including phenoxy) is 2. The Morgan fingerprint density at radius 3 is 1.32 bits per heavy atom. The van der Waals surface area contributed by atoms with Gasteiger partial charge in [0.05, 0.1) is 11.1 Å². The molecule has 4 saturated carbocycles. The molecule has 0 radical (unpaired) electrons. The van der Waals surface area contributed by atoms with Gasteiger partial charge in [0.2, 0.25) is 0 Å².